The van der Waals surface area contributed by atoms with E-state index in [1.54, 1.807) is 0 Å². The van der Waals surface area contributed by atoms with Crippen LogP contribution in [0.15, 0.2) is 18.2 Å². The number of likely N-dealkylation sites (tertiary alicyclic amines) is 1. The smallest absolute Gasteiger partial charge is 0.250 e. The maximum Gasteiger partial charge on any atom is 0.250 e. The average Bonchev–Trinajstić information content (AvgIpc) is 2.21. The molecular weight excluding hydrogens is 210 g/mol. The van der Waals surface area contributed by atoms with E-state index in [9.17, 15) is 8.78 Å². The number of hydrogen-bond acceptors (Lipinski definition) is 2. The first-order valence-electron chi connectivity index (χ1n) is 5.58. The molecule has 1 aliphatic heterocycles. The second-order valence-corrected chi connectivity index (χ2v) is 4.40. The minimum atomic E-state index is -2.46. The molecule has 16 heavy (non-hydrogen) atoms. The van der Waals surface area contributed by atoms with Gasteiger partial charge in [0, 0.05) is 38.2 Å². The lowest BCUT2D eigenvalue weighted by atomic mass is 10.1. The van der Waals surface area contributed by atoms with Crippen LogP contribution < -0.4 is 0 Å². The summed E-state index contributed by atoms with van der Waals surface area (Å²) in [6, 6.07) is 5.84. The van der Waals surface area contributed by atoms with Gasteiger partial charge in [-0.3, -0.25) is 9.88 Å². The van der Waals surface area contributed by atoms with Gasteiger partial charge in [-0.25, -0.2) is 8.78 Å². The van der Waals surface area contributed by atoms with E-state index in [0.717, 1.165) is 11.4 Å². The first-order chi connectivity index (χ1) is 7.55. The molecule has 0 unspecified atom stereocenters. The minimum absolute atomic E-state index is 0.0290. The van der Waals surface area contributed by atoms with Crippen LogP contribution in [0.25, 0.3) is 0 Å². The summed E-state index contributed by atoms with van der Waals surface area (Å²) in [7, 11) is 0. The molecule has 2 heterocycles. The Hall–Kier alpha value is -1.03. The predicted molar refractivity (Wildman–Crippen MR) is 58.4 cm³/mol. The van der Waals surface area contributed by atoms with Crippen molar-refractivity contribution in [2.45, 2.75) is 32.2 Å². The van der Waals surface area contributed by atoms with Crippen molar-refractivity contribution in [3.8, 4) is 0 Å². The molecule has 0 amide bonds. The maximum atomic E-state index is 12.9. The molecule has 1 aromatic heterocycles. The van der Waals surface area contributed by atoms with Crippen molar-refractivity contribution in [1.82, 2.24) is 9.88 Å². The van der Waals surface area contributed by atoms with E-state index < -0.39 is 5.92 Å². The summed E-state index contributed by atoms with van der Waals surface area (Å²) in [5.74, 6) is -2.46. The molecule has 0 bridgehead atoms. The van der Waals surface area contributed by atoms with Crippen LogP contribution in [0.1, 0.15) is 24.2 Å². The van der Waals surface area contributed by atoms with Gasteiger partial charge in [0.15, 0.2) is 0 Å². The van der Waals surface area contributed by atoms with Crippen LogP contribution in [0.2, 0.25) is 0 Å². The van der Waals surface area contributed by atoms with Crippen molar-refractivity contribution in [3.63, 3.8) is 0 Å². The fraction of sp³-hybridized carbons (Fsp3) is 0.583. The number of rotatable bonds is 2. The van der Waals surface area contributed by atoms with E-state index in [1.165, 1.54) is 0 Å². The summed E-state index contributed by atoms with van der Waals surface area (Å²) in [6.07, 6.45) is -0.0579. The second-order valence-electron chi connectivity index (χ2n) is 4.40. The van der Waals surface area contributed by atoms with Gasteiger partial charge >= 0.3 is 0 Å². The van der Waals surface area contributed by atoms with Crippen LogP contribution in [0, 0.1) is 6.92 Å². The van der Waals surface area contributed by atoms with Gasteiger partial charge in [-0.2, -0.15) is 0 Å². The van der Waals surface area contributed by atoms with Gasteiger partial charge < -0.3 is 0 Å². The second kappa shape index (κ2) is 4.45. The Bertz CT molecular complexity index is 356. The quantitative estimate of drug-likeness (QED) is 0.770. The lowest BCUT2D eigenvalue weighted by Crippen LogP contribution is -2.38. The summed E-state index contributed by atoms with van der Waals surface area (Å²) in [5, 5.41) is 0. The molecule has 4 heteroatoms. The zero-order valence-electron chi connectivity index (χ0n) is 9.42. The number of nitrogens with zero attached hydrogens (tertiary/aromatic N) is 2. The molecule has 0 radical (unpaired) electrons. The molecule has 2 nitrogen and oxygen atoms in total. The van der Waals surface area contributed by atoms with Crippen molar-refractivity contribution < 1.29 is 8.78 Å². The topological polar surface area (TPSA) is 16.1 Å². The third-order valence-electron chi connectivity index (χ3n) is 2.92. The van der Waals surface area contributed by atoms with Gasteiger partial charge in [0.05, 0.1) is 5.69 Å². The fourth-order valence-electron chi connectivity index (χ4n) is 1.95. The molecule has 1 fully saturated rings. The van der Waals surface area contributed by atoms with Gasteiger partial charge in [0.25, 0.3) is 5.92 Å². The Balaban J connectivity index is 1.92. The molecule has 0 spiro atoms. The summed E-state index contributed by atoms with van der Waals surface area (Å²) in [5.41, 5.74) is 1.94. The molecule has 1 saturated heterocycles. The van der Waals surface area contributed by atoms with Gasteiger partial charge in [0.1, 0.15) is 0 Å². The first-order valence-corrected chi connectivity index (χ1v) is 5.58. The fourth-order valence-corrected chi connectivity index (χ4v) is 1.95. The minimum Gasteiger partial charge on any atom is -0.297 e. The average molecular weight is 226 g/mol. The summed E-state index contributed by atoms with van der Waals surface area (Å²) < 4.78 is 25.9. The highest BCUT2D eigenvalue weighted by Crippen LogP contribution is 2.28. The van der Waals surface area contributed by atoms with Crippen molar-refractivity contribution in [2.24, 2.45) is 0 Å². The summed E-state index contributed by atoms with van der Waals surface area (Å²) in [4.78, 5) is 6.42. The van der Waals surface area contributed by atoms with Crippen molar-refractivity contribution in [1.29, 1.82) is 0 Å². The zero-order valence-corrected chi connectivity index (χ0v) is 9.42. The van der Waals surface area contributed by atoms with E-state index in [2.05, 4.69) is 4.98 Å². The first kappa shape index (κ1) is 11.5. The Morgan fingerprint density at radius 1 is 1.31 bits per heavy atom. The Kier molecular flexibility index (Phi) is 3.19. The standard InChI is InChI=1S/C12H16F2N2/c1-10-3-2-4-11(15-10)9-16-7-5-12(13,14)6-8-16/h2-4H,5-9H2,1H3. The highest BCUT2D eigenvalue weighted by Gasteiger charge is 2.33. The van der Waals surface area contributed by atoms with Crippen LogP contribution in [-0.4, -0.2) is 28.9 Å². The molecule has 0 saturated carbocycles. The number of halogens is 2. The van der Waals surface area contributed by atoms with Crippen molar-refractivity contribution in [2.75, 3.05) is 13.1 Å². The SMILES string of the molecule is Cc1cccc(CN2CCC(F)(F)CC2)n1. The number of piperidine rings is 1. The van der Waals surface area contributed by atoms with E-state index in [4.69, 9.17) is 0 Å². The normalized spacial score (nSPS) is 20.9. The van der Waals surface area contributed by atoms with Gasteiger partial charge in [-0.15, -0.1) is 0 Å². The zero-order chi connectivity index (χ0) is 11.6. The third-order valence-corrected chi connectivity index (χ3v) is 2.92. The maximum absolute atomic E-state index is 12.9. The van der Waals surface area contributed by atoms with Crippen LogP contribution in [0.5, 0.6) is 0 Å². The number of pyridine rings is 1. The number of alkyl halides is 2. The number of hydrogen-bond donors (Lipinski definition) is 0. The van der Waals surface area contributed by atoms with Gasteiger partial charge in [-0.1, -0.05) is 6.07 Å². The number of aryl methyl sites for hydroxylation is 1. The lowest BCUT2D eigenvalue weighted by Gasteiger charge is -2.31. The third kappa shape index (κ3) is 2.98. The van der Waals surface area contributed by atoms with Crippen molar-refractivity contribution in [3.05, 3.63) is 29.6 Å². The van der Waals surface area contributed by atoms with E-state index in [0.29, 0.717) is 19.6 Å². The molecule has 2 rings (SSSR count). The van der Waals surface area contributed by atoms with Gasteiger partial charge in [-0.05, 0) is 19.1 Å². The van der Waals surface area contributed by atoms with E-state index >= 15 is 0 Å². The van der Waals surface area contributed by atoms with E-state index in [1.807, 2.05) is 30.0 Å². The molecule has 1 aliphatic rings. The Morgan fingerprint density at radius 2 is 2.00 bits per heavy atom. The van der Waals surface area contributed by atoms with Crippen molar-refractivity contribution >= 4 is 0 Å². The summed E-state index contributed by atoms with van der Waals surface area (Å²) >= 11 is 0. The number of aromatic nitrogens is 1. The largest absolute Gasteiger partial charge is 0.297 e. The predicted octanol–water partition coefficient (Wildman–Crippen LogP) is 2.62. The highest BCUT2D eigenvalue weighted by molar-refractivity contribution is 5.09. The van der Waals surface area contributed by atoms with E-state index in [-0.39, 0.29) is 12.8 Å². The molecule has 0 N–H and O–H groups in total. The Labute approximate surface area is 94.3 Å². The highest BCUT2D eigenvalue weighted by atomic mass is 19.3. The summed E-state index contributed by atoms with van der Waals surface area (Å²) in [6.45, 7) is 3.54. The molecule has 0 aromatic carbocycles. The van der Waals surface area contributed by atoms with Crippen LogP contribution in [-0.2, 0) is 6.54 Å². The van der Waals surface area contributed by atoms with Gasteiger partial charge in [0.2, 0.25) is 0 Å². The molecule has 0 atom stereocenters. The van der Waals surface area contributed by atoms with Crippen LogP contribution in [0.3, 0.4) is 0 Å². The monoisotopic (exact) mass is 226 g/mol. The molecule has 0 aliphatic carbocycles. The van der Waals surface area contributed by atoms with Crippen LogP contribution >= 0.6 is 0 Å². The molecule has 88 valence electrons. The lowest BCUT2D eigenvalue weighted by molar-refractivity contribution is -0.0568. The van der Waals surface area contributed by atoms with Crippen LogP contribution in [0.4, 0.5) is 8.78 Å². The molecular formula is C12H16F2N2. The Morgan fingerprint density at radius 3 is 2.62 bits per heavy atom. The molecule has 1 aromatic rings.